The standard InChI is InChI=1S/C15H19NO/c1-2-13(14-8-4-3-5-9-14)12-15(17)16-10-6-7-11-16/h3-5,8-9,12H,2,6-7,10-11H2,1H3/b13-12+. The molecule has 2 heteroatoms. The van der Waals surface area contributed by atoms with Crippen molar-refractivity contribution in [2.75, 3.05) is 13.1 Å². The maximum atomic E-state index is 12.0. The number of amides is 1. The number of allylic oxidation sites excluding steroid dienone is 1. The van der Waals surface area contributed by atoms with Gasteiger partial charge in [0.15, 0.2) is 0 Å². The molecule has 1 amide bonds. The molecule has 0 radical (unpaired) electrons. The van der Waals surface area contributed by atoms with E-state index in [4.69, 9.17) is 0 Å². The summed E-state index contributed by atoms with van der Waals surface area (Å²) in [6, 6.07) is 10.1. The number of likely N-dealkylation sites (tertiary alicyclic amines) is 1. The fraction of sp³-hybridized carbons (Fsp3) is 0.400. The number of carbonyl (C=O) groups is 1. The van der Waals surface area contributed by atoms with Gasteiger partial charge in [-0.15, -0.1) is 0 Å². The van der Waals surface area contributed by atoms with Gasteiger partial charge in [0.25, 0.3) is 0 Å². The van der Waals surface area contributed by atoms with E-state index in [0.717, 1.165) is 43.5 Å². The average molecular weight is 229 g/mol. The molecule has 0 N–H and O–H groups in total. The van der Waals surface area contributed by atoms with Gasteiger partial charge in [-0.25, -0.2) is 0 Å². The highest BCUT2D eigenvalue weighted by atomic mass is 16.2. The molecule has 2 rings (SSSR count). The highest BCUT2D eigenvalue weighted by molar-refractivity contribution is 5.95. The van der Waals surface area contributed by atoms with Crippen molar-refractivity contribution in [3.05, 3.63) is 42.0 Å². The largest absolute Gasteiger partial charge is 0.339 e. The predicted molar refractivity (Wildman–Crippen MR) is 70.5 cm³/mol. The maximum absolute atomic E-state index is 12.0. The zero-order valence-corrected chi connectivity index (χ0v) is 10.4. The van der Waals surface area contributed by atoms with E-state index in [1.165, 1.54) is 0 Å². The van der Waals surface area contributed by atoms with Crippen LogP contribution in [-0.4, -0.2) is 23.9 Å². The highest BCUT2D eigenvalue weighted by Gasteiger charge is 2.16. The minimum atomic E-state index is 0.170. The van der Waals surface area contributed by atoms with Gasteiger partial charge in [0.05, 0.1) is 0 Å². The minimum Gasteiger partial charge on any atom is -0.339 e. The summed E-state index contributed by atoms with van der Waals surface area (Å²) < 4.78 is 0. The van der Waals surface area contributed by atoms with Crippen molar-refractivity contribution in [3.63, 3.8) is 0 Å². The molecule has 1 aromatic carbocycles. The monoisotopic (exact) mass is 229 g/mol. The van der Waals surface area contributed by atoms with Crippen LogP contribution >= 0.6 is 0 Å². The molecule has 1 aromatic rings. The van der Waals surface area contributed by atoms with Gasteiger partial charge in [-0.1, -0.05) is 37.3 Å². The molecule has 1 fully saturated rings. The number of hydrogen-bond donors (Lipinski definition) is 0. The number of nitrogens with zero attached hydrogens (tertiary/aromatic N) is 1. The Kier molecular flexibility index (Phi) is 3.97. The molecule has 0 spiro atoms. The lowest BCUT2D eigenvalue weighted by molar-refractivity contribution is -0.124. The molecule has 1 heterocycles. The molecule has 0 bridgehead atoms. The Morgan fingerprint density at radius 1 is 1.24 bits per heavy atom. The third kappa shape index (κ3) is 2.96. The van der Waals surface area contributed by atoms with E-state index < -0.39 is 0 Å². The first kappa shape index (κ1) is 11.9. The summed E-state index contributed by atoms with van der Waals surface area (Å²) in [7, 11) is 0. The van der Waals surface area contributed by atoms with Crippen molar-refractivity contribution in [2.24, 2.45) is 0 Å². The summed E-state index contributed by atoms with van der Waals surface area (Å²) in [5.41, 5.74) is 2.28. The predicted octanol–water partition coefficient (Wildman–Crippen LogP) is 3.10. The van der Waals surface area contributed by atoms with Crippen LogP contribution in [-0.2, 0) is 4.79 Å². The zero-order chi connectivity index (χ0) is 12.1. The van der Waals surface area contributed by atoms with Crippen molar-refractivity contribution in [1.29, 1.82) is 0 Å². The summed E-state index contributed by atoms with van der Waals surface area (Å²) >= 11 is 0. The maximum Gasteiger partial charge on any atom is 0.246 e. The molecule has 0 unspecified atom stereocenters. The second kappa shape index (κ2) is 5.67. The zero-order valence-electron chi connectivity index (χ0n) is 10.4. The van der Waals surface area contributed by atoms with E-state index in [0.29, 0.717) is 0 Å². The lowest BCUT2D eigenvalue weighted by Crippen LogP contribution is -2.25. The smallest absolute Gasteiger partial charge is 0.246 e. The van der Waals surface area contributed by atoms with Crippen LogP contribution in [0.3, 0.4) is 0 Å². The molecule has 1 aliphatic rings. The van der Waals surface area contributed by atoms with E-state index in [9.17, 15) is 4.79 Å². The van der Waals surface area contributed by atoms with Crippen molar-refractivity contribution >= 4 is 11.5 Å². The van der Waals surface area contributed by atoms with Crippen LogP contribution in [0, 0.1) is 0 Å². The first-order valence-corrected chi connectivity index (χ1v) is 6.36. The normalized spacial score (nSPS) is 16.3. The molecule has 0 aromatic heterocycles. The topological polar surface area (TPSA) is 20.3 Å². The second-order valence-electron chi connectivity index (χ2n) is 4.42. The van der Waals surface area contributed by atoms with Crippen LogP contribution in [0.2, 0.25) is 0 Å². The highest BCUT2D eigenvalue weighted by Crippen LogP contribution is 2.18. The van der Waals surface area contributed by atoms with E-state index in [1.807, 2.05) is 23.1 Å². The van der Waals surface area contributed by atoms with Crippen molar-refractivity contribution in [3.8, 4) is 0 Å². The molecule has 2 nitrogen and oxygen atoms in total. The third-order valence-corrected chi connectivity index (χ3v) is 3.24. The van der Waals surface area contributed by atoms with Crippen LogP contribution in [0.1, 0.15) is 31.7 Å². The van der Waals surface area contributed by atoms with Crippen molar-refractivity contribution in [1.82, 2.24) is 4.90 Å². The number of carbonyl (C=O) groups excluding carboxylic acids is 1. The first-order chi connectivity index (χ1) is 8.31. The van der Waals surface area contributed by atoms with Crippen molar-refractivity contribution in [2.45, 2.75) is 26.2 Å². The molecular weight excluding hydrogens is 210 g/mol. The SMILES string of the molecule is CC/C(=C\C(=O)N1CCCC1)c1ccccc1. The summed E-state index contributed by atoms with van der Waals surface area (Å²) in [6.45, 7) is 3.93. The van der Waals surface area contributed by atoms with Gasteiger partial charge < -0.3 is 4.90 Å². The Morgan fingerprint density at radius 3 is 2.47 bits per heavy atom. The Hall–Kier alpha value is -1.57. The third-order valence-electron chi connectivity index (χ3n) is 3.24. The first-order valence-electron chi connectivity index (χ1n) is 6.36. The molecule has 0 aliphatic carbocycles. The lowest BCUT2D eigenvalue weighted by Gasteiger charge is -2.13. The van der Waals surface area contributed by atoms with Gasteiger partial charge in [-0.05, 0) is 30.4 Å². The van der Waals surface area contributed by atoms with Gasteiger partial charge in [-0.3, -0.25) is 4.79 Å². The molecule has 0 atom stereocenters. The molecule has 0 saturated carbocycles. The molecule has 17 heavy (non-hydrogen) atoms. The van der Waals surface area contributed by atoms with Crippen LogP contribution in [0.15, 0.2) is 36.4 Å². The van der Waals surface area contributed by atoms with Gasteiger partial charge >= 0.3 is 0 Å². The van der Waals surface area contributed by atoms with Gasteiger partial charge in [0.2, 0.25) is 5.91 Å². The summed E-state index contributed by atoms with van der Waals surface area (Å²) in [4.78, 5) is 14.0. The van der Waals surface area contributed by atoms with Crippen LogP contribution in [0.25, 0.3) is 5.57 Å². The summed E-state index contributed by atoms with van der Waals surface area (Å²) in [5.74, 6) is 0.170. The van der Waals surface area contributed by atoms with E-state index >= 15 is 0 Å². The van der Waals surface area contributed by atoms with Crippen molar-refractivity contribution < 1.29 is 4.79 Å². The van der Waals surface area contributed by atoms with Crippen LogP contribution in [0.5, 0.6) is 0 Å². The van der Waals surface area contributed by atoms with Crippen LogP contribution in [0.4, 0.5) is 0 Å². The number of benzene rings is 1. The summed E-state index contributed by atoms with van der Waals surface area (Å²) in [6.07, 6.45) is 4.99. The van der Waals surface area contributed by atoms with E-state index in [-0.39, 0.29) is 5.91 Å². The Morgan fingerprint density at radius 2 is 1.88 bits per heavy atom. The Balaban J connectivity index is 2.15. The molecule has 90 valence electrons. The van der Waals surface area contributed by atoms with Gasteiger partial charge in [-0.2, -0.15) is 0 Å². The number of rotatable bonds is 3. The molecular formula is C15H19NO. The van der Waals surface area contributed by atoms with Gasteiger partial charge in [0.1, 0.15) is 0 Å². The van der Waals surface area contributed by atoms with E-state index in [1.54, 1.807) is 6.08 Å². The van der Waals surface area contributed by atoms with E-state index in [2.05, 4.69) is 19.1 Å². The lowest BCUT2D eigenvalue weighted by atomic mass is 10.0. The summed E-state index contributed by atoms with van der Waals surface area (Å²) in [5, 5.41) is 0. The number of hydrogen-bond acceptors (Lipinski definition) is 1. The van der Waals surface area contributed by atoms with Gasteiger partial charge in [0, 0.05) is 19.2 Å². The Labute approximate surface area is 103 Å². The van der Waals surface area contributed by atoms with Crippen LogP contribution < -0.4 is 0 Å². The molecule has 1 aliphatic heterocycles. The average Bonchev–Trinajstić information content (AvgIpc) is 2.90. The quantitative estimate of drug-likeness (QED) is 0.729. The minimum absolute atomic E-state index is 0.170. The fourth-order valence-electron chi connectivity index (χ4n) is 2.22. The Bertz CT molecular complexity index is 402. The fourth-order valence-corrected chi connectivity index (χ4v) is 2.22. The molecule has 1 saturated heterocycles. The second-order valence-corrected chi connectivity index (χ2v) is 4.42.